The summed E-state index contributed by atoms with van der Waals surface area (Å²) in [5.74, 6) is -1.23. The molecule has 7 heteroatoms. The number of ether oxygens (including phenoxy) is 1. The SMILES string of the molecule is Cc1ccc(C(=O)NCC(=O)OCC(=O)c2cc(C)n(C)c2C)s1. The van der Waals surface area contributed by atoms with Crippen LogP contribution in [-0.4, -0.2) is 35.4 Å². The van der Waals surface area contributed by atoms with Crippen molar-refractivity contribution >= 4 is 29.0 Å². The molecule has 0 aromatic carbocycles. The topological polar surface area (TPSA) is 77.4 Å². The number of ketones is 1. The van der Waals surface area contributed by atoms with Crippen molar-refractivity contribution in [2.45, 2.75) is 20.8 Å². The molecule has 0 spiro atoms. The summed E-state index contributed by atoms with van der Waals surface area (Å²) in [6.45, 7) is 5.03. The number of hydrogen-bond donors (Lipinski definition) is 1. The van der Waals surface area contributed by atoms with E-state index in [0.29, 0.717) is 10.4 Å². The first kappa shape index (κ1) is 17.9. The van der Waals surface area contributed by atoms with E-state index in [1.807, 2.05) is 38.5 Å². The standard InChI is InChI=1S/C17H20N2O4S/c1-10-7-13(12(3)19(10)4)14(20)9-23-16(21)8-18-17(22)15-6-5-11(2)24-15/h5-7H,8-9H2,1-4H3,(H,18,22). The van der Waals surface area contributed by atoms with E-state index in [-0.39, 0.29) is 24.8 Å². The molecule has 24 heavy (non-hydrogen) atoms. The number of carbonyl (C=O) groups excluding carboxylic acids is 3. The summed E-state index contributed by atoms with van der Waals surface area (Å²) in [5, 5.41) is 2.48. The first-order valence-electron chi connectivity index (χ1n) is 7.46. The van der Waals surface area contributed by atoms with E-state index >= 15 is 0 Å². The highest BCUT2D eigenvalue weighted by atomic mass is 32.1. The first-order chi connectivity index (χ1) is 11.3. The lowest BCUT2D eigenvalue weighted by atomic mass is 10.1. The van der Waals surface area contributed by atoms with E-state index < -0.39 is 5.97 Å². The second kappa shape index (κ2) is 7.44. The van der Waals surface area contributed by atoms with Gasteiger partial charge in [-0.15, -0.1) is 11.3 Å². The predicted molar refractivity (Wildman–Crippen MR) is 91.6 cm³/mol. The lowest BCUT2D eigenvalue weighted by Gasteiger charge is -2.06. The minimum absolute atomic E-state index is 0.259. The van der Waals surface area contributed by atoms with Crippen LogP contribution in [0.4, 0.5) is 0 Å². The maximum absolute atomic E-state index is 12.1. The average Bonchev–Trinajstić information content (AvgIpc) is 3.09. The van der Waals surface area contributed by atoms with Crippen LogP contribution in [0.25, 0.3) is 0 Å². The number of nitrogens with one attached hydrogen (secondary N) is 1. The Hall–Kier alpha value is -2.41. The Morgan fingerprint density at radius 2 is 1.92 bits per heavy atom. The molecule has 2 heterocycles. The van der Waals surface area contributed by atoms with Gasteiger partial charge in [0.2, 0.25) is 5.78 Å². The van der Waals surface area contributed by atoms with Crippen molar-refractivity contribution < 1.29 is 19.1 Å². The maximum Gasteiger partial charge on any atom is 0.325 e. The Kier molecular flexibility index (Phi) is 5.56. The number of nitrogens with zero attached hydrogens (tertiary/aromatic N) is 1. The molecular formula is C17H20N2O4S. The average molecular weight is 348 g/mol. The summed E-state index contributed by atoms with van der Waals surface area (Å²) in [6.07, 6.45) is 0. The monoisotopic (exact) mass is 348 g/mol. The van der Waals surface area contributed by atoms with Gasteiger partial charge in [0, 0.05) is 28.9 Å². The van der Waals surface area contributed by atoms with E-state index in [4.69, 9.17) is 4.74 Å². The zero-order valence-electron chi connectivity index (χ0n) is 14.1. The minimum atomic E-state index is -0.643. The van der Waals surface area contributed by atoms with Crippen molar-refractivity contribution in [3.63, 3.8) is 0 Å². The molecule has 2 aromatic rings. The molecule has 0 aliphatic rings. The van der Waals surface area contributed by atoms with Gasteiger partial charge in [0.05, 0.1) is 4.88 Å². The van der Waals surface area contributed by atoms with Gasteiger partial charge in [-0.2, -0.15) is 0 Å². The van der Waals surface area contributed by atoms with Gasteiger partial charge in [-0.25, -0.2) is 0 Å². The molecular weight excluding hydrogens is 328 g/mol. The van der Waals surface area contributed by atoms with Gasteiger partial charge < -0.3 is 14.6 Å². The summed E-state index contributed by atoms with van der Waals surface area (Å²) in [4.78, 5) is 37.2. The molecule has 0 bridgehead atoms. The lowest BCUT2D eigenvalue weighted by molar-refractivity contribution is -0.141. The normalized spacial score (nSPS) is 10.5. The van der Waals surface area contributed by atoms with E-state index in [2.05, 4.69) is 5.32 Å². The van der Waals surface area contributed by atoms with Crippen molar-refractivity contribution in [3.05, 3.63) is 44.9 Å². The Labute approximate surface area is 144 Å². The molecule has 2 rings (SSSR count). The molecule has 0 atom stereocenters. The molecule has 0 fully saturated rings. The van der Waals surface area contributed by atoms with E-state index in [0.717, 1.165) is 16.3 Å². The highest BCUT2D eigenvalue weighted by molar-refractivity contribution is 7.13. The summed E-state index contributed by atoms with van der Waals surface area (Å²) in [7, 11) is 1.87. The largest absolute Gasteiger partial charge is 0.456 e. The summed E-state index contributed by atoms with van der Waals surface area (Å²) >= 11 is 1.35. The molecule has 128 valence electrons. The van der Waals surface area contributed by atoms with Gasteiger partial charge in [-0.05, 0) is 39.0 Å². The highest BCUT2D eigenvalue weighted by Crippen LogP contribution is 2.15. The number of aromatic nitrogens is 1. The zero-order chi connectivity index (χ0) is 17.9. The second-order valence-corrected chi connectivity index (χ2v) is 6.81. The quantitative estimate of drug-likeness (QED) is 0.641. The molecule has 0 saturated carbocycles. The third-order valence-corrected chi connectivity index (χ3v) is 4.80. The first-order valence-corrected chi connectivity index (χ1v) is 8.27. The number of carbonyl (C=O) groups is 3. The van der Waals surface area contributed by atoms with Crippen LogP contribution >= 0.6 is 11.3 Å². The number of esters is 1. The predicted octanol–water partition coefficient (Wildman–Crippen LogP) is 2.17. The summed E-state index contributed by atoms with van der Waals surface area (Å²) in [5.41, 5.74) is 2.33. The number of rotatable bonds is 6. The third kappa shape index (κ3) is 4.11. The molecule has 1 N–H and O–H groups in total. The van der Waals surface area contributed by atoms with Crippen LogP contribution in [0.5, 0.6) is 0 Å². The number of amides is 1. The fraction of sp³-hybridized carbons (Fsp3) is 0.353. The Morgan fingerprint density at radius 1 is 1.21 bits per heavy atom. The zero-order valence-corrected chi connectivity index (χ0v) is 15.0. The van der Waals surface area contributed by atoms with E-state index in [9.17, 15) is 14.4 Å². The van der Waals surface area contributed by atoms with Crippen LogP contribution in [0, 0.1) is 20.8 Å². The van der Waals surface area contributed by atoms with Gasteiger partial charge in [0.15, 0.2) is 6.61 Å². The number of thiophene rings is 1. The smallest absolute Gasteiger partial charge is 0.325 e. The van der Waals surface area contributed by atoms with Crippen LogP contribution in [-0.2, 0) is 16.6 Å². The van der Waals surface area contributed by atoms with Gasteiger partial charge in [-0.1, -0.05) is 0 Å². The van der Waals surface area contributed by atoms with Gasteiger partial charge >= 0.3 is 5.97 Å². The van der Waals surface area contributed by atoms with Crippen LogP contribution in [0.1, 0.15) is 36.3 Å². The van der Waals surface area contributed by atoms with E-state index in [1.165, 1.54) is 11.3 Å². The second-order valence-electron chi connectivity index (χ2n) is 5.52. The van der Waals surface area contributed by atoms with Gasteiger partial charge in [0.1, 0.15) is 6.54 Å². The molecule has 0 saturated heterocycles. The van der Waals surface area contributed by atoms with Crippen molar-refractivity contribution in [1.29, 1.82) is 0 Å². The van der Waals surface area contributed by atoms with Gasteiger partial charge in [0.25, 0.3) is 5.91 Å². The van der Waals surface area contributed by atoms with Crippen LogP contribution in [0.2, 0.25) is 0 Å². The van der Waals surface area contributed by atoms with Crippen molar-refractivity contribution in [2.24, 2.45) is 7.05 Å². The third-order valence-electron chi connectivity index (χ3n) is 3.80. The van der Waals surface area contributed by atoms with Crippen LogP contribution in [0.15, 0.2) is 18.2 Å². The molecule has 0 aliphatic carbocycles. The number of Topliss-reactive ketones (excluding diaryl/α,β-unsaturated/α-hetero) is 1. The van der Waals surface area contributed by atoms with Crippen molar-refractivity contribution in [1.82, 2.24) is 9.88 Å². The maximum atomic E-state index is 12.1. The Bertz CT molecular complexity index is 789. The molecule has 2 aromatic heterocycles. The van der Waals surface area contributed by atoms with Crippen LogP contribution in [0.3, 0.4) is 0 Å². The van der Waals surface area contributed by atoms with Crippen LogP contribution < -0.4 is 5.32 Å². The van der Waals surface area contributed by atoms with Crippen molar-refractivity contribution in [3.8, 4) is 0 Å². The van der Waals surface area contributed by atoms with Crippen molar-refractivity contribution in [2.75, 3.05) is 13.2 Å². The number of hydrogen-bond acceptors (Lipinski definition) is 5. The number of aryl methyl sites for hydroxylation is 2. The Morgan fingerprint density at radius 3 is 2.46 bits per heavy atom. The lowest BCUT2D eigenvalue weighted by Crippen LogP contribution is -2.31. The summed E-state index contributed by atoms with van der Waals surface area (Å²) in [6, 6.07) is 5.30. The molecule has 6 nitrogen and oxygen atoms in total. The van der Waals surface area contributed by atoms with E-state index in [1.54, 1.807) is 12.1 Å². The van der Waals surface area contributed by atoms with Gasteiger partial charge in [-0.3, -0.25) is 14.4 Å². The fourth-order valence-electron chi connectivity index (χ4n) is 2.21. The Balaban J connectivity index is 1.81. The minimum Gasteiger partial charge on any atom is -0.456 e. The summed E-state index contributed by atoms with van der Waals surface area (Å²) < 4.78 is 6.85. The molecule has 1 amide bonds. The highest BCUT2D eigenvalue weighted by Gasteiger charge is 2.16. The molecule has 0 radical (unpaired) electrons. The fourth-order valence-corrected chi connectivity index (χ4v) is 2.99. The molecule has 0 unspecified atom stereocenters. The molecule has 0 aliphatic heterocycles.